The van der Waals surface area contributed by atoms with Crippen molar-refractivity contribution in [1.29, 1.82) is 0 Å². The number of aromatic nitrogens is 1. The quantitative estimate of drug-likeness (QED) is 0.0186. The fourth-order valence-corrected chi connectivity index (χ4v) is 14.9. The third-order valence-electron chi connectivity index (χ3n) is 21.0. The molecular formula is C82H121N17O21S. The Morgan fingerprint density at radius 2 is 1.31 bits per heavy atom. The van der Waals surface area contributed by atoms with Gasteiger partial charge in [-0.2, -0.15) is 11.8 Å². The molecule has 16 N–H and O–H groups in total. The topological polar surface area (TPSA) is 542 Å². The molecule has 666 valence electrons. The number of likely N-dealkylation sites (tertiary alicyclic amines) is 2. The van der Waals surface area contributed by atoms with Crippen molar-refractivity contribution in [2.75, 3.05) is 72.5 Å². The molecule has 3 heterocycles. The minimum Gasteiger partial charge on any atom is -0.508 e. The first-order chi connectivity index (χ1) is 57.4. The lowest BCUT2D eigenvalue weighted by atomic mass is 10.0. The van der Waals surface area contributed by atoms with E-state index in [1.165, 1.54) is 67.5 Å². The maximum absolute atomic E-state index is 14.8. The number of aryl methyl sites for hydroxylation is 1. The van der Waals surface area contributed by atoms with E-state index >= 15 is 0 Å². The minimum atomic E-state index is -1.86. The Kier molecular flexibility index (Phi) is 41.5. The number of phenols is 1. The molecule has 0 bridgehead atoms. The van der Waals surface area contributed by atoms with Crippen molar-refractivity contribution >= 4 is 124 Å². The fourth-order valence-electron chi connectivity index (χ4n) is 14.2. The van der Waals surface area contributed by atoms with Crippen LogP contribution in [0.2, 0.25) is 0 Å². The smallest absolute Gasteiger partial charge is 0.305 e. The first kappa shape index (κ1) is 100. The number of aldehydes is 1. The molecule has 2 aliphatic heterocycles. The first-order valence-electron chi connectivity index (χ1n) is 40.5. The Labute approximate surface area is 708 Å². The highest BCUT2D eigenvalue weighted by atomic mass is 32.2. The summed E-state index contributed by atoms with van der Waals surface area (Å²) in [5, 5.41) is 75.1. The molecule has 3 aromatic rings. The van der Waals surface area contributed by atoms with Gasteiger partial charge in [0.25, 0.3) is 0 Å². The van der Waals surface area contributed by atoms with Crippen molar-refractivity contribution in [3.05, 3.63) is 89.9 Å². The summed E-state index contributed by atoms with van der Waals surface area (Å²) in [4.78, 5) is 228. The number of aliphatic imine (C=N–C) groups is 1. The number of likely N-dealkylation sites (N-methyl/N-ethyl adjacent to an activating group) is 3. The number of carboxylic acids is 2. The lowest BCUT2D eigenvalue weighted by Gasteiger charge is -2.34. The van der Waals surface area contributed by atoms with Gasteiger partial charge in [0.2, 0.25) is 76.8 Å². The summed E-state index contributed by atoms with van der Waals surface area (Å²) in [7, 11) is 8.15. The number of benzene rings is 2. The third-order valence-corrected chi connectivity index (χ3v) is 22.0. The zero-order chi connectivity index (χ0) is 89.9. The molecular weight excluding hydrogens is 1590 g/mol. The number of β-amino-alcohol motifs (C(OH)–C–C–N with tert-alkyl or cyclic N) is 1. The maximum Gasteiger partial charge on any atom is 0.305 e. The molecule has 2 aromatic carbocycles. The Hall–Kier alpha value is -11.3. The Bertz CT molecular complexity index is 4200. The van der Waals surface area contributed by atoms with Crippen molar-refractivity contribution < 1.29 is 102 Å². The van der Waals surface area contributed by atoms with Gasteiger partial charge >= 0.3 is 11.9 Å². The predicted octanol–water partition coefficient (Wildman–Crippen LogP) is -0.867. The number of aromatic hydroxyl groups is 1. The van der Waals surface area contributed by atoms with E-state index in [0.29, 0.717) is 36.7 Å². The number of unbranched alkanes of at least 4 members (excludes halogenated alkanes) is 2. The lowest BCUT2D eigenvalue weighted by molar-refractivity contribution is -0.147. The van der Waals surface area contributed by atoms with Crippen molar-refractivity contribution in [1.82, 2.24) is 76.9 Å². The molecule has 2 fully saturated rings. The number of phenolic OH excluding ortho intramolecular Hbond substituents is 1. The summed E-state index contributed by atoms with van der Waals surface area (Å²) < 4.78 is 1.87. The van der Waals surface area contributed by atoms with Gasteiger partial charge < -0.3 is 108 Å². The van der Waals surface area contributed by atoms with Crippen LogP contribution in [0, 0.1) is 0 Å². The average molecular weight is 1710 g/mol. The van der Waals surface area contributed by atoms with Crippen LogP contribution in [0.1, 0.15) is 142 Å². The van der Waals surface area contributed by atoms with Crippen LogP contribution in [0.25, 0.3) is 10.9 Å². The normalized spacial score (nSPS) is 17.1. The number of aliphatic carboxylic acids is 2. The number of hydrogen-bond donors (Lipinski definition) is 15. The number of primary amides is 1. The van der Waals surface area contributed by atoms with Gasteiger partial charge in [-0.05, 0) is 109 Å². The third kappa shape index (κ3) is 31.3. The first-order valence-corrected chi connectivity index (χ1v) is 41.6. The number of fused-ring (bicyclic) bond motifs is 1. The number of aliphatic hydroxyl groups is 2. The van der Waals surface area contributed by atoms with E-state index in [0.717, 1.165) is 50.9 Å². The standard InChI is InChI=1S/C82H121N17O21S/c1-12-15-21-64(97(11)82(120)66(94(7)8)22-16-13-2)78(116)91-58(30-32-71(107)108)74(112)85-33-35-121-47-70(106)88-60(37-51-25-27-54(102)28-26-51)80(118)96(10)50(6)73(111)93-61(40-72(109)110)81(119)98-34-19-24-65(98)79(117)92-59(36-48(4)41-84-14-3)75(113)90-57(29-31-68(83)104)49(5)99-44-55(103)39-67(99)77(115)86-42-69(105)89-62(46-101)76(114)87-53(45-100)38-52-43-95(9)63-23-18-17-20-56(52)63/h14,17-18,20,23,25-28,41,43,45,50,53,55,57-62,64-67,101-103H,5,12-13,15-16,19,21-22,24,29-40,42,44,46-47H2,1-4,6-11H3,(H2,83,104)(H,85,112)(H,86,115)(H,87,114)(H,88,106)(H,89,105)(H,90,113)(H,91,116)(H,92,117)(H,93,111)(H,107,108)(H,109,110)/b48-41+,84-14?/t50?,53?,55-,57?,58?,59?,60?,61+,62?,64+,65?,66+,67?/m1/s1. The van der Waals surface area contributed by atoms with Crippen molar-refractivity contribution in [3.8, 4) is 5.75 Å². The minimum absolute atomic E-state index is 0.0127. The number of rotatable bonds is 52. The number of thioether (sulfide) groups is 1. The SMILES string of the molecule is C=C(C(CCC(N)=O)NC(=O)C(C/C(C)=C/N=CC)NC(=O)C1CCCN1C(=O)[C@H](CC(=O)O)NC(=O)C(C)N(C)C(=O)C(Cc1ccc(O)cc1)NC(=O)CSCCNC(=O)C(CCC(=O)O)NC(=O)[C@H](CCCC)N(C)C(=O)[C@H](CCCC)N(C)C)N1C[C@H](O)CC1C(=O)NCC(=O)NC(CO)C(=O)NC(C=O)Cc1cn(C)c2ccccc12. The van der Waals surface area contributed by atoms with E-state index in [-0.39, 0.29) is 113 Å². The fraction of sp³-hybridized carbons (Fsp3) is 0.573. The van der Waals surface area contributed by atoms with E-state index in [1.54, 1.807) is 32.8 Å². The van der Waals surface area contributed by atoms with E-state index in [9.17, 15) is 102 Å². The summed E-state index contributed by atoms with van der Waals surface area (Å²) in [6.45, 7) is 10.5. The number of nitrogens with zero attached hydrogens (tertiary/aromatic N) is 7. The van der Waals surface area contributed by atoms with Gasteiger partial charge in [0.05, 0.1) is 49.6 Å². The second-order valence-electron chi connectivity index (χ2n) is 30.6. The average Bonchev–Trinajstić information content (AvgIpc) is 1.69. The van der Waals surface area contributed by atoms with Crippen molar-refractivity contribution in [2.45, 2.75) is 222 Å². The molecule has 38 nitrogen and oxygen atoms in total. The van der Waals surface area contributed by atoms with E-state index < -0.39 is 187 Å². The van der Waals surface area contributed by atoms with Gasteiger partial charge in [0.15, 0.2) is 0 Å². The van der Waals surface area contributed by atoms with Crippen LogP contribution in [0.5, 0.6) is 5.75 Å². The Morgan fingerprint density at radius 3 is 1.94 bits per heavy atom. The van der Waals surface area contributed by atoms with Crippen LogP contribution in [0.3, 0.4) is 0 Å². The van der Waals surface area contributed by atoms with E-state index in [2.05, 4.69) is 59.4 Å². The van der Waals surface area contributed by atoms with Gasteiger partial charge in [0.1, 0.15) is 66.4 Å². The van der Waals surface area contributed by atoms with Crippen LogP contribution < -0.4 is 53.6 Å². The van der Waals surface area contributed by atoms with E-state index in [1.807, 2.05) is 55.9 Å². The molecule has 5 rings (SSSR count). The molecule has 0 aliphatic carbocycles. The molecule has 121 heavy (non-hydrogen) atoms. The lowest BCUT2D eigenvalue weighted by Crippen LogP contribution is -2.59. The molecule has 39 heteroatoms. The summed E-state index contributed by atoms with van der Waals surface area (Å²) in [6.07, 6.45) is 5.04. The molecule has 13 amide bonds. The molecule has 0 spiro atoms. The number of carbonyl (C=O) groups excluding carboxylic acids is 14. The van der Waals surface area contributed by atoms with Gasteiger partial charge in [-0.3, -0.25) is 81.8 Å². The van der Waals surface area contributed by atoms with Crippen LogP contribution in [-0.2, 0) is 96.6 Å². The number of nitrogens with two attached hydrogens (primary N) is 1. The number of nitrogens with one attached hydrogen (secondary N) is 9. The maximum atomic E-state index is 14.8. The zero-order valence-electron chi connectivity index (χ0n) is 70.5. The van der Waals surface area contributed by atoms with Gasteiger partial charge in [-0.15, -0.1) is 0 Å². The number of hydrogen-bond acceptors (Lipinski definition) is 23. The molecule has 0 saturated carbocycles. The van der Waals surface area contributed by atoms with Crippen molar-refractivity contribution in [3.63, 3.8) is 0 Å². The Morgan fingerprint density at radius 1 is 0.678 bits per heavy atom. The summed E-state index contributed by atoms with van der Waals surface area (Å²) in [5.41, 5.74) is 8.14. The summed E-state index contributed by atoms with van der Waals surface area (Å²) >= 11 is 1.04. The van der Waals surface area contributed by atoms with Crippen LogP contribution in [-0.4, -0.2) is 307 Å². The number of aliphatic hydroxyl groups excluding tert-OH is 2. The number of para-hydroxylation sites is 1. The Balaban J connectivity index is 1.25. The number of amides is 13. The molecule has 1 aromatic heterocycles. The zero-order valence-corrected chi connectivity index (χ0v) is 71.3. The summed E-state index contributed by atoms with van der Waals surface area (Å²) in [6, 6.07) is -2.36. The van der Waals surface area contributed by atoms with Gasteiger partial charge in [-0.1, -0.05) is 82.0 Å². The highest BCUT2D eigenvalue weighted by Gasteiger charge is 2.44. The molecule has 13 atom stereocenters. The monoisotopic (exact) mass is 1710 g/mol. The molecule has 0 radical (unpaired) electrons. The van der Waals surface area contributed by atoms with Crippen LogP contribution >= 0.6 is 11.8 Å². The highest BCUT2D eigenvalue weighted by molar-refractivity contribution is 7.99. The highest BCUT2D eigenvalue weighted by Crippen LogP contribution is 2.28. The van der Waals surface area contributed by atoms with Crippen LogP contribution in [0.15, 0.2) is 83.8 Å². The molecule has 2 saturated heterocycles. The predicted molar refractivity (Wildman–Crippen MR) is 449 cm³/mol. The van der Waals surface area contributed by atoms with Crippen molar-refractivity contribution in [2.24, 2.45) is 17.8 Å². The van der Waals surface area contributed by atoms with E-state index in [4.69, 9.17) is 5.73 Å². The summed E-state index contributed by atoms with van der Waals surface area (Å²) in [5.74, 6) is -13.4. The number of carbonyl (C=O) groups is 16. The second-order valence-corrected chi connectivity index (χ2v) is 31.7. The van der Waals surface area contributed by atoms with Crippen LogP contribution in [0.4, 0.5) is 0 Å². The number of carboxylic acid groups (broad SMARTS) is 2. The molecule has 9 unspecified atom stereocenters. The van der Waals surface area contributed by atoms with Gasteiger partial charge in [-0.25, -0.2) is 0 Å². The molecule has 2 aliphatic rings. The second kappa shape index (κ2) is 50.0. The van der Waals surface area contributed by atoms with Gasteiger partial charge in [0, 0.05) is 114 Å². The largest absolute Gasteiger partial charge is 0.508 e.